The van der Waals surface area contributed by atoms with Crippen molar-refractivity contribution >= 4 is 17.9 Å². The topological polar surface area (TPSA) is 105 Å². The number of nitrogens with one attached hydrogen (secondary N) is 2. The minimum Gasteiger partial charge on any atom is -0.501 e. The van der Waals surface area contributed by atoms with Crippen LogP contribution in [0.5, 0.6) is 0 Å². The highest BCUT2D eigenvalue weighted by atomic mass is 16.5. The zero-order valence-electron chi connectivity index (χ0n) is 9.02. The first-order chi connectivity index (χ1) is 7.47. The van der Waals surface area contributed by atoms with Gasteiger partial charge in [-0.25, -0.2) is 4.79 Å². The third kappa shape index (κ3) is 6.41. The second kappa shape index (κ2) is 7.27. The molecule has 3 N–H and O–H groups in total. The Morgan fingerprint density at radius 3 is 2.56 bits per heavy atom. The molecule has 0 aliphatic rings. The van der Waals surface area contributed by atoms with Crippen molar-refractivity contribution in [2.75, 3.05) is 6.61 Å². The predicted molar refractivity (Wildman–Crippen MR) is 54.5 cm³/mol. The van der Waals surface area contributed by atoms with Crippen LogP contribution in [0.2, 0.25) is 0 Å². The second-order valence-electron chi connectivity index (χ2n) is 2.78. The van der Waals surface area contributed by atoms with Gasteiger partial charge >= 0.3 is 12.0 Å². The van der Waals surface area contributed by atoms with Gasteiger partial charge in [0.05, 0.1) is 12.9 Å². The Kier molecular flexibility index (Phi) is 6.34. The number of ether oxygens (including phenoxy) is 1. The summed E-state index contributed by atoms with van der Waals surface area (Å²) in [5, 5.41) is 12.4. The van der Waals surface area contributed by atoms with Gasteiger partial charge in [-0.1, -0.05) is 0 Å². The van der Waals surface area contributed by atoms with E-state index in [1.54, 1.807) is 6.92 Å². The highest BCUT2D eigenvalue weighted by Crippen LogP contribution is 1.82. The van der Waals surface area contributed by atoms with Crippen LogP contribution in [0.3, 0.4) is 0 Å². The molecular weight excluding hydrogens is 216 g/mol. The second-order valence-corrected chi connectivity index (χ2v) is 2.78. The first-order valence-electron chi connectivity index (χ1n) is 4.59. The van der Waals surface area contributed by atoms with Gasteiger partial charge in [0.15, 0.2) is 0 Å². The van der Waals surface area contributed by atoms with E-state index in [1.807, 2.05) is 5.32 Å². The number of aliphatic carboxylic acids is 1. The standard InChI is InChI=1S/C9H14N2O5/c1-3-16-5-4-7(12)11-9(15)10-6(2)8(13)14/h4-6H,3H2,1-2H3,(H,13,14)(H2,10,11,12,15)/b5-4+. The molecule has 0 saturated heterocycles. The highest BCUT2D eigenvalue weighted by Gasteiger charge is 2.14. The summed E-state index contributed by atoms with van der Waals surface area (Å²) < 4.78 is 4.74. The molecule has 0 spiro atoms. The summed E-state index contributed by atoms with van der Waals surface area (Å²) in [6.45, 7) is 3.43. The number of hydrogen-bond donors (Lipinski definition) is 3. The number of carboxylic acids is 1. The van der Waals surface area contributed by atoms with Crippen LogP contribution in [0.25, 0.3) is 0 Å². The summed E-state index contributed by atoms with van der Waals surface area (Å²) >= 11 is 0. The molecule has 1 atom stereocenters. The number of rotatable bonds is 5. The van der Waals surface area contributed by atoms with Crippen LogP contribution < -0.4 is 10.6 Å². The SMILES string of the molecule is CCO/C=C/C(=O)NC(=O)NC(C)C(=O)O. The van der Waals surface area contributed by atoms with Gasteiger partial charge in [-0.2, -0.15) is 0 Å². The van der Waals surface area contributed by atoms with Gasteiger partial charge < -0.3 is 15.2 Å². The Hall–Kier alpha value is -2.05. The van der Waals surface area contributed by atoms with Gasteiger partial charge in [-0.15, -0.1) is 0 Å². The molecule has 0 bridgehead atoms. The number of carboxylic acid groups (broad SMARTS) is 1. The highest BCUT2D eigenvalue weighted by molar-refractivity contribution is 6.00. The van der Waals surface area contributed by atoms with E-state index in [9.17, 15) is 14.4 Å². The fraction of sp³-hybridized carbons (Fsp3) is 0.444. The Morgan fingerprint density at radius 1 is 1.44 bits per heavy atom. The summed E-state index contributed by atoms with van der Waals surface area (Å²) in [5.41, 5.74) is 0. The van der Waals surface area contributed by atoms with E-state index in [0.717, 1.165) is 12.3 Å². The van der Waals surface area contributed by atoms with E-state index in [2.05, 4.69) is 5.32 Å². The smallest absolute Gasteiger partial charge is 0.325 e. The number of urea groups is 1. The maximum atomic E-state index is 11.0. The summed E-state index contributed by atoms with van der Waals surface area (Å²) in [5.74, 6) is -1.88. The maximum absolute atomic E-state index is 11.0. The Balaban J connectivity index is 3.96. The van der Waals surface area contributed by atoms with E-state index >= 15 is 0 Å². The molecule has 0 aliphatic heterocycles. The molecule has 0 aromatic carbocycles. The van der Waals surface area contributed by atoms with Crippen molar-refractivity contribution < 1.29 is 24.2 Å². The molecule has 0 aromatic rings. The summed E-state index contributed by atoms with van der Waals surface area (Å²) in [7, 11) is 0. The molecule has 3 amide bonds. The van der Waals surface area contributed by atoms with Crippen molar-refractivity contribution in [3.8, 4) is 0 Å². The zero-order chi connectivity index (χ0) is 12.6. The Morgan fingerprint density at radius 2 is 2.06 bits per heavy atom. The molecule has 1 unspecified atom stereocenters. The minimum atomic E-state index is -1.19. The van der Waals surface area contributed by atoms with E-state index in [4.69, 9.17) is 9.84 Å². The first-order valence-corrected chi connectivity index (χ1v) is 4.59. The average molecular weight is 230 g/mol. The molecule has 0 aliphatic carbocycles. The van der Waals surface area contributed by atoms with Crippen molar-refractivity contribution in [2.24, 2.45) is 0 Å². The van der Waals surface area contributed by atoms with Crippen molar-refractivity contribution in [1.82, 2.24) is 10.6 Å². The normalized spacial score (nSPS) is 11.9. The lowest BCUT2D eigenvalue weighted by Gasteiger charge is -2.08. The van der Waals surface area contributed by atoms with Crippen molar-refractivity contribution in [1.29, 1.82) is 0 Å². The quantitative estimate of drug-likeness (QED) is 0.449. The van der Waals surface area contributed by atoms with E-state index < -0.39 is 23.9 Å². The fourth-order valence-electron chi connectivity index (χ4n) is 0.654. The molecule has 7 heteroatoms. The number of amides is 3. The van der Waals surface area contributed by atoms with Gasteiger partial charge in [-0.3, -0.25) is 14.9 Å². The van der Waals surface area contributed by atoms with Crippen molar-refractivity contribution in [3.05, 3.63) is 12.3 Å². The van der Waals surface area contributed by atoms with Crippen LogP contribution in [0.15, 0.2) is 12.3 Å². The van der Waals surface area contributed by atoms with E-state index in [-0.39, 0.29) is 0 Å². The Bertz CT molecular complexity index is 300. The molecule has 7 nitrogen and oxygen atoms in total. The monoisotopic (exact) mass is 230 g/mol. The molecule has 0 aromatic heterocycles. The third-order valence-corrected chi connectivity index (χ3v) is 1.44. The zero-order valence-corrected chi connectivity index (χ0v) is 9.02. The lowest BCUT2D eigenvalue weighted by Crippen LogP contribution is -2.45. The van der Waals surface area contributed by atoms with Gasteiger partial charge in [0, 0.05) is 6.08 Å². The van der Waals surface area contributed by atoms with E-state index in [0.29, 0.717) is 6.61 Å². The van der Waals surface area contributed by atoms with Gasteiger partial charge in [0.25, 0.3) is 5.91 Å². The van der Waals surface area contributed by atoms with E-state index in [1.165, 1.54) is 6.92 Å². The van der Waals surface area contributed by atoms with Crippen molar-refractivity contribution in [2.45, 2.75) is 19.9 Å². The molecule has 0 radical (unpaired) electrons. The van der Waals surface area contributed by atoms with Crippen LogP contribution in [-0.4, -0.2) is 35.7 Å². The molecule has 0 saturated carbocycles. The lowest BCUT2D eigenvalue weighted by molar-refractivity contribution is -0.138. The van der Waals surface area contributed by atoms with Crippen molar-refractivity contribution in [3.63, 3.8) is 0 Å². The number of carbonyl (C=O) groups excluding carboxylic acids is 2. The summed E-state index contributed by atoms with van der Waals surface area (Å²) in [4.78, 5) is 32.4. The molecule has 0 heterocycles. The van der Waals surface area contributed by atoms with Crippen LogP contribution >= 0.6 is 0 Å². The molecule has 0 rings (SSSR count). The fourth-order valence-corrected chi connectivity index (χ4v) is 0.654. The lowest BCUT2D eigenvalue weighted by atomic mass is 10.3. The molecule has 90 valence electrons. The minimum absolute atomic E-state index is 0.409. The summed E-state index contributed by atoms with van der Waals surface area (Å²) in [6.07, 6.45) is 2.16. The molecule has 0 fully saturated rings. The largest absolute Gasteiger partial charge is 0.501 e. The van der Waals surface area contributed by atoms with Crippen LogP contribution in [-0.2, 0) is 14.3 Å². The molecular formula is C9H14N2O5. The summed E-state index contributed by atoms with van der Waals surface area (Å²) in [6, 6.07) is -1.94. The maximum Gasteiger partial charge on any atom is 0.325 e. The number of hydrogen-bond acceptors (Lipinski definition) is 4. The van der Waals surface area contributed by atoms with Gasteiger partial charge in [-0.05, 0) is 13.8 Å². The average Bonchev–Trinajstić information content (AvgIpc) is 2.17. The van der Waals surface area contributed by atoms with Crippen LogP contribution in [0.4, 0.5) is 4.79 Å². The van der Waals surface area contributed by atoms with Crippen LogP contribution in [0.1, 0.15) is 13.8 Å². The molecule has 16 heavy (non-hydrogen) atoms. The predicted octanol–water partition coefficient (Wildman–Crippen LogP) is -0.164. The van der Waals surface area contributed by atoms with Gasteiger partial charge in [0.1, 0.15) is 6.04 Å². The number of imide groups is 1. The van der Waals surface area contributed by atoms with Gasteiger partial charge in [0.2, 0.25) is 0 Å². The third-order valence-electron chi connectivity index (χ3n) is 1.44. The Labute approximate surface area is 92.5 Å². The number of carbonyl (C=O) groups is 3. The first kappa shape index (κ1) is 13.9. The van der Waals surface area contributed by atoms with Crippen LogP contribution in [0, 0.1) is 0 Å².